The Morgan fingerprint density at radius 1 is 1.15 bits per heavy atom. The number of aromatic nitrogens is 3. The first-order chi connectivity index (χ1) is 18.5. The highest BCUT2D eigenvalue weighted by Crippen LogP contribution is 2.38. The molecule has 9 nitrogen and oxygen atoms in total. The lowest BCUT2D eigenvalue weighted by atomic mass is 9.87. The topological polar surface area (TPSA) is 128 Å². The number of likely N-dealkylation sites (tertiary alicyclic amines) is 1. The van der Waals surface area contributed by atoms with E-state index in [1.165, 1.54) is 19.2 Å². The molecule has 1 aromatic carbocycles. The van der Waals surface area contributed by atoms with E-state index in [1.54, 1.807) is 42.3 Å². The first kappa shape index (κ1) is 26.6. The fraction of sp³-hybridized carbons (Fsp3) is 0.333. The molecule has 0 radical (unpaired) electrons. The van der Waals surface area contributed by atoms with E-state index in [9.17, 15) is 23.1 Å². The predicted octanol–water partition coefficient (Wildman–Crippen LogP) is 4.46. The Morgan fingerprint density at radius 2 is 1.90 bits per heavy atom. The molecule has 4 heterocycles. The Hall–Kier alpha value is -4.03. The van der Waals surface area contributed by atoms with Crippen LogP contribution in [0.5, 0.6) is 5.75 Å². The maximum atomic E-state index is 13.5. The smallest absolute Gasteiger partial charge is 0.433 e. The lowest BCUT2D eigenvalue weighted by Crippen LogP contribution is -2.45. The summed E-state index contributed by atoms with van der Waals surface area (Å²) >= 11 is 0. The van der Waals surface area contributed by atoms with Crippen LogP contribution in [0, 0.1) is 0 Å². The molecule has 1 aliphatic rings. The van der Waals surface area contributed by atoms with Gasteiger partial charge in [-0.25, -0.2) is 9.97 Å². The van der Waals surface area contributed by atoms with Crippen LogP contribution in [0.2, 0.25) is 0 Å². The summed E-state index contributed by atoms with van der Waals surface area (Å²) in [7, 11) is 1.33. The lowest BCUT2D eigenvalue weighted by Gasteiger charge is -2.37. The van der Waals surface area contributed by atoms with Gasteiger partial charge in [0.25, 0.3) is 5.91 Å². The van der Waals surface area contributed by atoms with Gasteiger partial charge < -0.3 is 24.9 Å². The van der Waals surface area contributed by atoms with Crippen molar-refractivity contribution in [2.75, 3.05) is 20.2 Å². The first-order valence-corrected chi connectivity index (χ1v) is 12.3. The van der Waals surface area contributed by atoms with Crippen LogP contribution in [0.3, 0.4) is 0 Å². The van der Waals surface area contributed by atoms with Crippen LogP contribution in [0.1, 0.15) is 53.4 Å². The molecule has 4 aromatic rings. The molecular weight excluding hydrogens is 515 g/mol. The molecule has 39 heavy (non-hydrogen) atoms. The van der Waals surface area contributed by atoms with Crippen molar-refractivity contribution in [3.63, 3.8) is 0 Å². The number of hydrogen-bond acceptors (Lipinski definition) is 8. The molecule has 204 valence electrons. The van der Waals surface area contributed by atoms with E-state index < -0.39 is 29.4 Å². The number of nitrogens with zero attached hydrogens (tertiary/aromatic N) is 4. The number of amides is 1. The molecular formula is C27H26F3N5O4. The zero-order valence-corrected chi connectivity index (χ0v) is 21.2. The van der Waals surface area contributed by atoms with Crippen molar-refractivity contribution in [1.29, 1.82) is 0 Å². The van der Waals surface area contributed by atoms with E-state index in [0.29, 0.717) is 16.6 Å². The van der Waals surface area contributed by atoms with Gasteiger partial charge in [-0.1, -0.05) is 6.07 Å². The van der Waals surface area contributed by atoms with Crippen molar-refractivity contribution < 1.29 is 32.2 Å². The molecule has 1 amide bonds. The van der Waals surface area contributed by atoms with Gasteiger partial charge in [0.05, 0.1) is 18.8 Å². The Bertz CT molecular complexity index is 1510. The van der Waals surface area contributed by atoms with Crippen LogP contribution < -0.4 is 10.5 Å². The number of ether oxygens (including phenoxy) is 1. The van der Waals surface area contributed by atoms with E-state index >= 15 is 0 Å². The fourth-order valence-electron chi connectivity index (χ4n) is 4.73. The van der Waals surface area contributed by atoms with Crippen molar-refractivity contribution >= 4 is 16.8 Å². The second-order valence-electron chi connectivity index (χ2n) is 9.47. The number of hydrogen-bond donors (Lipinski definition) is 2. The molecule has 1 fully saturated rings. The summed E-state index contributed by atoms with van der Waals surface area (Å²) in [6.07, 6.45) is -2.47. The van der Waals surface area contributed by atoms with Crippen molar-refractivity contribution in [1.82, 2.24) is 19.9 Å². The van der Waals surface area contributed by atoms with Gasteiger partial charge in [0.1, 0.15) is 22.6 Å². The monoisotopic (exact) mass is 541 g/mol. The van der Waals surface area contributed by atoms with E-state index in [4.69, 9.17) is 14.9 Å². The molecule has 3 N–H and O–H groups in total. The number of piperidine rings is 1. The van der Waals surface area contributed by atoms with Gasteiger partial charge in [-0.05, 0) is 56.2 Å². The summed E-state index contributed by atoms with van der Waals surface area (Å²) in [6.45, 7) is 2.14. The number of oxazole rings is 1. The molecule has 1 aliphatic heterocycles. The van der Waals surface area contributed by atoms with E-state index in [0.717, 1.165) is 6.07 Å². The molecule has 0 bridgehead atoms. The normalized spacial score (nSPS) is 16.3. The largest absolute Gasteiger partial charge is 0.494 e. The van der Waals surface area contributed by atoms with Crippen molar-refractivity contribution in [3.8, 4) is 17.2 Å². The molecule has 1 atom stereocenters. The average molecular weight is 542 g/mol. The number of alkyl halides is 3. The maximum Gasteiger partial charge on any atom is 0.433 e. The SMILES string of the molecule is COc1ccc(-c2nc(C(=O)N3CCC(O)(c4ccccn4)CC3)c([C@H](C)N)o2)c2ccc(C(F)(F)F)nc12. The number of rotatable bonds is 5. The second-order valence-corrected chi connectivity index (χ2v) is 9.47. The summed E-state index contributed by atoms with van der Waals surface area (Å²) in [5.74, 6) is -0.120. The number of carbonyl (C=O) groups is 1. The van der Waals surface area contributed by atoms with Gasteiger partial charge in [0.2, 0.25) is 5.89 Å². The van der Waals surface area contributed by atoms with E-state index in [2.05, 4.69) is 15.0 Å². The van der Waals surface area contributed by atoms with Crippen molar-refractivity contribution in [2.45, 2.75) is 37.6 Å². The molecule has 0 aliphatic carbocycles. The van der Waals surface area contributed by atoms with Crippen LogP contribution in [-0.4, -0.2) is 51.1 Å². The first-order valence-electron chi connectivity index (χ1n) is 12.3. The van der Waals surface area contributed by atoms with Gasteiger partial charge in [0.15, 0.2) is 11.5 Å². The van der Waals surface area contributed by atoms with Crippen molar-refractivity contribution in [2.24, 2.45) is 5.73 Å². The van der Waals surface area contributed by atoms with Gasteiger partial charge >= 0.3 is 6.18 Å². The minimum atomic E-state index is -4.64. The summed E-state index contributed by atoms with van der Waals surface area (Å²) < 4.78 is 51.1. The number of nitrogens with two attached hydrogens (primary N) is 1. The zero-order valence-electron chi connectivity index (χ0n) is 21.2. The van der Waals surface area contributed by atoms with Gasteiger partial charge in [-0.15, -0.1) is 0 Å². The Labute approximate surface area is 221 Å². The third-order valence-corrected chi connectivity index (χ3v) is 6.85. The lowest BCUT2D eigenvalue weighted by molar-refractivity contribution is -0.140. The van der Waals surface area contributed by atoms with Crippen LogP contribution in [0.4, 0.5) is 13.2 Å². The van der Waals surface area contributed by atoms with Gasteiger partial charge in [-0.2, -0.15) is 13.2 Å². The summed E-state index contributed by atoms with van der Waals surface area (Å²) in [6, 6.07) is 9.79. The van der Waals surface area contributed by atoms with Crippen molar-refractivity contribution in [3.05, 3.63) is 71.5 Å². The molecule has 0 saturated carbocycles. The highest BCUT2D eigenvalue weighted by atomic mass is 19.4. The number of carbonyl (C=O) groups excluding carboxylic acids is 1. The van der Waals surface area contributed by atoms with Crippen LogP contribution >= 0.6 is 0 Å². The third-order valence-electron chi connectivity index (χ3n) is 6.85. The minimum Gasteiger partial charge on any atom is -0.494 e. The fourth-order valence-corrected chi connectivity index (χ4v) is 4.73. The quantitative estimate of drug-likeness (QED) is 0.379. The Kier molecular flexibility index (Phi) is 6.77. The summed E-state index contributed by atoms with van der Waals surface area (Å²) in [5.41, 5.74) is 4.75. The number of aliphatic hydroxyl groups is 1. The van der Waals surface area contributed by atoms with Gasteiger partial charge in [-0.3, -0.25) is 9.78 Å². The molecule has 1 saturated heterocycles. The van der Waals surface area contributed by atoms with Crippen LogP contribution in [0.15, 0.2) is 53.1 Å². The standard InChI is InChI=1S/C27H26F3N5O4/c1-15(31)23-22(25(36)35-13-10-26(37,11-14-35)19-5-3-4-12-32-19)34-24(39-23)17-6-8-18(38-2)21-16(17)7-9-20(33-21)27(28,29)30/h3-9,12,15,37H,10-11,13-14,31H2,1-2H3/t15-/m0/s1. The predicted molar refractivity (Wildman–Crippen MR) is 135 cm³/mol. The number of fused-ring (bicyclic) bond motifs is 1. The molecule has 5 rings (SSSR count). The Morgan fingerprint density at radius 3 is 2.51 bits per heavy atom. The van der Waals surface area contributed by atoms with Gasteiger partial charge in [0, 0.05) is 30.2 Å². The van der Waals surface area contributed by atoms with Crippen LogP contribution in [0.25, 0.3) is 22.4 Å². The molecule has 0 unspecified atom stereocenters. The highest BCUT2D eigenvalue weighted by Gasteiger charge is 2.38. The number of pyridine rings is 2. The summed E-state index contributed by atoms with van der Waals surface area (Å²) in [5, 5.41) is 11.4. The number of halogens is 3. The highest BCUT2D eigenvalue weighted by molar-refractivity contribution is 5.98. The van der Waals surface area contributed by atoms with E-state index in [1.807, 2.05) is 0 Å². The number of methoxy groups -OCH3 is 1. The molecule has 12 heteroatoms. The molecule has 0 spiro atoms. The second kappa shape index (κ2) is 9.93. The summed E-state index contributed by atoms with van der Waals surface area (Å²) in [4.78, 5) is 27.6. The average Bonchev–Trinajstić information content (AvgIpc) is 3.38. The molecule has 3 aromatic heterocycles. The zero-order chi connectivity index (χ0) is 27.9. The third kappa shape index (κ3) is 4.92. The maximum absolute atomic E-state index is 13.5. The van der Waals surface area contributed by atoms with E-state index in [-0.39, 0.29) is 54.5 Å². The minimum absolute atomic E-state index is 0.00659. The van der Waals surface area contributed by atoms with Crippen LogP contribution in [-0.2, 0) is 11.8 Å². The number of benzene rings is 1. The Balaban J connectivity index is 1.49.